The van der Waals surface area contributed by atoms with Crippen molar-refractivity contribution in [3.63, 3.8) is 0 Å². The molecule has 0 amide bonds. The molecule has 0 aromatic heterocycles. The first-order chi connectivity index (χ1) is 13.4. The second kappa shape index (κ2) is 9.41. The maximum atomic E-state index is 12.9. The molecule has 29 heavy (non-hydrogen) atoms. The number of ether oxygens (including phenoxy) is 1. The van der Waals surface area contributed by atoms with E-state index in [1.807, 2.05) is 0 Å². The van der Waals surface area contributed by atoms with Crippen molar-refractivity contribution in [1.29, 1.82) is 0 Å². The first kappa shape index (κ1) is 23.6. The van der Waals surface area contributed by atoms with Gasteiger partial charge in [0.2, 0.25) is 0 Å². The monoisotopic (exact) mass is 456 g/mol. The summed E-state index contributed by atoms with van der Waals surface area (Å²) in [4.78, 5) is 0. The largest absolute Gasteiger partial charge is 0.416 e. The summed E-state index contributed by atoms with van der Waals surface area (Å²) in [7, 11) is 0. The van der Waals surface area contributed by atoms with Crippen molar-refractivity contribution in [2.75, 3.05) is 6.61 Å². The normalized spacial score (nSPS) is 13.4. The molecule has 0 fully saturated rings. The smallest absolute Gasteiger partial charge is 0.376 e. The van der Waals surface area contributed by atoms with Crippen LogP contribution in [-0.2, 0) is 23.7 Å². The Morgan fingerprint density at radius 1 is 0.897 bits per heavy atom. The van der Waals surface area contributed by atoms with Gasteiger partial charge in [-0.3, -0.25) is 0 Å². The lowest BCUT2D eigenvalue weighted by Gasteiger charge is -2.18. The summed E-state index contributed by atoms with van der Waals surface area (Å²) >= 11 is 11.9. The molecule has 2 aromatic rings. The SMILES string of the molecule is C=CC[C@H](COCc1cc(C(F)(F)F)cc(C(F)(F)F)c1)c1ccc(Cl)c(Cl)c1. The number of halogens is 8. The van der Waals surface area contributed by atoms with E-state index in [4.69, 9.17) is 27.9 Å². The Morgan fingerprint density at radius 2 is 1.48 bits per heavy atom. The number of allylic oxidation sites excluding steroid dienone is 1. The minimum atomic E-state index is -4.90. The van der Waals surface area contributed by atoms with Crippen molar-refractivity contribution in [3.05, 3.63) is 81.4 Å². The van der Waals surface area contributed by atoms with Gasteiger partial charge in [0.15, 0.2) is 0 Å². The summed E-state index contributed by atoms with van der Waals surface area (Å²) in [6.45, 7) is 3.27. The van der Waals surface area contributed by atoms with Crippen molar-refractivity contribution < 1.29 is 31.1 Å². The van der Waals surface area contributed by atoms with Crippen molar-refractivity contribution in [2.24, 2.45) is 0 Å². The van der Waals surface area contributed by atoms with Gasteiger partial charge in [-0.25, -0.2) is 0 Å². The molecule has 0 spiro atoms. The Balaban J connectivity index is 2.18. The van der Waals surface area contributed by atoms with Crippen LogP contribution in [0.15, 0.2) is 49.1 Å². The number of alkyl halides is 6. The number of benzene rings is 2. The summed E-state index contributed by atoms with van der Waals surface area (Å²) in [5, 5.41) is 0.684. The highest BCUT2D eigenvalue weighted by Gasteiger charge is 2.36. The molecule has 0 aliphatic heterocycles. The fraction of sp³-hybridized carbons (Fsp3) is 0.300. The van der Waals surface area contributed by atoms with Gasteiger partial charge < -0.3 is 4.74 Å². The number of hydrogen-bond acceptors (Lipinski definition) is 1. The fourth-order valence-corrected chi connectivity index (χ4v) is 3.00. The molecule has 0 unspecified atom stereocenters. The zero-order valence-corrected chi connectivity index (χ0v) is 16.4. The highest BCUT2D eigenvalue weighted by Crippen LogP contribution is 2.36. The van der Waals surface area contributed by atoms with Crippen LogP contribution in [0.3, 0.4) is 0 Å². The third kappa shape index (κ3) is 6.66. The highest BCUT2D eigenvalue weighted by molar-refractivity contribution is 6.42. The van der Waals surface area contributed by atoms with Crippen LogP contribution in [0.4, 0.5) is 26.3 Å². The molecule has 2 rings (SSSR count). The molecule has 158 valence electrons. The molecule has 0 saturated carbocycles. The molecule has 0 heterocycles. The predicted molar refractivity (Wildman–Crippen MR) is 100 cm³/mol. The lowest BCUT2D eigenvalue weighted by atomic mass is 9.96. The van der Waals surface area contributed by atoms with E-state index in [2.05, 4.69) is 6.58 Å². The number of rotatable bonds is 7. The van der Waals surface area contributed by atoms with Crippen LogP contribution in [0.2, 0.25) is 10.0 Å². The van der Waals surface area contributed by atoms with E-state index in [0.717, 1.165) is 5.56 Å². The van der Waals surface area contributed by atoms with Crippen LogP contribution in [0.25, 0.3) is 0 Å². The Labute approximate surface area is 173 Å². The lowest BCUT2D eigenvalue weighted by Crippen LogP contribution is -2.13. The highest BCUT2D eigenvalue weighted by atomic mass is 35.5. The van der Waals surface area contributed by atoms with Gasteiger partial charge in [-0.05, 0) is 47.9 Å². The Bertz CT molecular complexity index is 829. The van der Waals surface area contributed by atoms with E-state index >= 15 is 0 Å². The average molecular weight is 457 g/mol. The van der Waals surface area contributed by atoms with Gasteiger partial charge in [0.1, 0.15) is 0 Å². The maximum Gasteiger partial charge on any atom is 0.416 e. The fourth-order valence-electron chi connectivity index (χ4n) is 2.69. The van der Waals surface area contributed by atoms with Gasteiger partial charge in [0.05, 0.1) is 34.4 Å². The van der Waals surface area contributed by atoms with Crippen LogP contribution in [0.5, 0.6) is 0 Å². The van der Waals surface area contributed by atoms with Crippen molar-refractivity contribution in [3.8, 4) is 0 Å². The van der Waals surface area contributed by atoms with Crippen LogP contribution < -0.4 is 0 Å². The van der Waals surface area contributed by atoms with E-state index in [0.29, 0.717) is 28.6 Å². The Hall–Kier alpha value is -1.70. The lowest BCUT2D eigenvalue weighted by molar-refractivity contribution is -0.143. The van der Waals surface area contributed by atoms with Gasteiger partial charge in [-0.15, -0.1) is 6.58 Å². The van der Waals surface area contributed by atoms with E-state index in [9.17, 15) is 26.3 Å². The predicted octanol–water partition coefficient (Wildman–Crippen LogP) is 7.91. The van der Waals surface area contributed by atoms with Crippen LogP contribution in [0.1, 0.15) is 34.6 Å². The Morgan fingerprint density at radius 3 is 1.97 bits per heavy atom. The molecule has 0 aliphatic rings. The van der Waals surface area contributed by atoms with Crippen LogP contribution in [-0.4, -0.2) is 6.61 Å². The molecule has 2 aromatic carbocycles. The third-order valence-corrected chi connectivity index (χ3v) is 4.84. The molecular weight excluding hydrogens is 441 g/mol. The van der Waals surface area contributed by atoms with E-state index in [1.54, 1.807) is 24.3 Å². The average Bonchev–Trinajstić information content (AvgIpc) is 2.61. The second-order valence-electron chi connectivity index (χ2n) is 6.32. The van der Waals surface area contributed by atoms with Gasteiger partial charge >= 0.3 is 12.4 Å². The molecule has 0 aliphatic carbocycles. The zero-order valence-electron chi connectivity index (χ0n) is 14.9. The first-order valence-electron chi connectivity index (χ1n) is 8.33. The number of hydrogen-bond donors (Lipinski definition) is 0. The van der Waals surface area contributed by atoms with Crippen molar-refractivity contribution >= 4 is 23.2 Å². The second-order valence-corrected chi connectivity index (χ2v) is 7.14. The van der Waals surface area contributed by atoms with Crippen LogP contribution >= 0.6 is 23.2 Å². The molecule has 0 saturated heterocycles. The van der Waals surface area contributed by atoms with E-state index in [1.165, 1.54) is 0 Å². The minimum absolute atomic E-state index is 0.0432. The third-order valence-electron chi connectivity index (χ3n) is 4.10. The standard InChI is InChI=1S/C20H16Cl2F6O/c1-2-3-14(13-4-5-17(21)18(22)8-13)11-29-10-12-6-15(19(23,24)25)9-16(7-12)20(26,27)28/h2,4-9,14H,1,3,10-11H2/t14-/m1/s1. The minimum Gasteiger partial charge on any atom is -0.376 e. The van der Waals surface area contributed by atoms with E-state index < -0.39 is 30.1 Å². The maximum absolute atomic E-state index is 12.9. The molecule has 0 radical (unpaired) electrons. The van der Waals surface area contributed by atoms with Crippen LogP contribution in [0, 0.1) is 0 Å². The van der Waals surface area contributed by atoms with Crippen molar-refractivity contribution in [2.45, 2.75) is 31.3 Å². The Kier molecular flexibility index (Phi) is 7.65. The summed E-state index contributed by atoms with van der Waals surface area (Å²) < 4.78 is 83.1. The summed E-state index contributed by atoms with van der Waals surface area (Å²) in [6.07, 6.45) is -7.71. The quantitative estimate of drug-likeness (QED) is 0.303. The molecule has 0 N–H and O–H groups in total. The van der Waals surface area contributed by atoms with Gasteiger partial charge in [0.25, 0.3) is 0 Å². The topological polar surface area (TPSA) is 9.23 Å². The van der Waals surface area contributed by atoms with Gasteiger partial charge in [-0.1, -0.05) is 35.3 Å². The molecular formula is C20H16Cl2F6O. The van der Waals surface area contributed by atoms with Gasteiger partial charge in [-0.2, -0.15) is 26.3 Å². The summed E-state index contributed by atoms with van der Waals surface area (Å²) in [6, 6.07) is 6.33. The molecule has 1 nitrogen and oxygen atoms in total. The molecule has 1 atom stereocenters. The zero-order chi connectivity index (χ0) is 21.8. The summed E-state index contributed by atoms with van der Waals surface area (Å²) in [5.41, 5.74) is -2.21. The molecule has 0 bridgehead atoms. The van der Waals surface area contributed by atoms with Gasteiger partial charge in [0, 0.05) is 5.92 Å². The summed E-state index contributed by atoms with van der Waals surface area (Å²) in [5.74, 6) is -0.241. The first-order valence-corrected chi connectivity index (χ1v) is 9.09. The molecule has 9 heteroatoms. The van der Waals surface area contributed by atoms with E-state index in [-0.39, 0.29) is 24.2 Å². The van der Waals surface area contributed by atoms with Crippen molar-refractivity contribution in [1.82, 2.24) is 0 Å².